The molecule has 0 aliphatic heterocycles. The molecule has 0 amide bonds. The van der Waals surface area contributed by atoms with Crippen molar-refractivity contribution in [3.8, 4) is 0 Å². The molecule has 0 spiro atoms. The Hall–Kier alpha value is -1.15. The molecule has 35 nitrogen and oxygen atoms in total. The molecule has 0 radical (unpaired) electrons. The van der Waals surface area contributed by atoms with Gasteiger partial charge in [0.1, 0.15) is 0 Å². The van der Waals surface area contributed by atoms with E-state index >= 15 is 0 Å². The number of aliphatic hydroxyl groups is 2. The van der Waals surface area contributed by atoms with E-state index < -0.39 is 103 Å². The molecule has 30 N–H and O–H groups in total. The maximum atomic E-state index is 10.3. The quantitative estimate of drug-likeness (QED) is 0.0904. The van der Waals surface area contributed by atoms with Crippen LogP contribution in [0.25, 0.3) is 0 Å². The van der Waals surface area contributed by atoms with Gasteiger partial charge in [0.25, 0.3) is 0 Å². The third kappa shape index (κ3) is 167. The van der Waals surface area contributed by atoms with Gasteiger partial charge in [-0.3, -0.25) is 19.2 Å². The summed E-state index contributed by atoms with van der Waals surface area (Å²) in [5.74, 6) is -10.0. The van der Waals surface area contributed by atoms with Crippen LogP contribution in [0.1, 0.15) is 34.2 Å². The Balaban J connectivity index is -0.0000000122. The number of aliphatic carboxylic acids is 6. The molecular formula is C17H44Na6O35. The first kappa shape index (κ1) is 124. The summed E-state index contributed by atoms with van der Waals surface area (Å²) in [5, 5.41) is 137. The van der Waals surface area contributed by atoms with Gasteiger partial charge >= 0.3 is 244 Å². The molecule has 0 aromatic rings. The van der Waals surface area contributed by atoms with Crippen LogP contribution in [0, 0.1) is 0 Å². The van der Waals surface area contributed by atoms with Crippen molar-refractivity contribution in [1.82, 2.24) is 0 Å². The van der Waals surface area contributed by atoms with Gasteiger partial charge in [-0.2, -0.15) is 0 Å². The summed E-state index contributed by atoms with van der Waals surface area (Å²) in [5.41, 5.74) is -5.48. The molecule has 41 heteroatoms. The van der Waals surface area contributed by atoms with Crippen molar-refractivity contribution in [2.45, 2.75) is 36.9 Å². The average Bonchev–Trinajstić information content (AvgIpc) is 2.69. The summed E-state index contributed by atoms with van der Waals surface area (Å²) in [6, 6.07) is 0. The summed E-state index contributed by atoms with van der Waals surface area (Å²) >= 11 is 0. The van der Waals surface area contributed by atoms with Crippen LogP contribution in [-0.2, 0) is 28.8 Å². The Morgan fingerprint density at radius 1 is 0.276 bits per heavy atom. The van der Waals surface area contributed by atoms with Gasteiger partial charge in [0.15, 0.2) is 11.2 Å². The summed E-state index contributed by atoms with van der Waals surface area (Å²) in [4.78, 5) is 104. The van der Waals surface area contributed by atoms with E-state index in [1.807, 2.05) is 0 Å². The van der Waals surface area contributed by atoms with E-state index in [1.54, 1.807) is 0 Å². The summed E-state index contributed by atoms with van der Waals surface area (Å²) in [6.45, 7) is 0. The maximum Gasteiger partial charge on any atom is 1.00 e. The van der Waals surface area contributed by atoms with E-state index in [0.717, 1.165) is 0 Å². The molecular weight excluding hydrogens is 902 g/mol. The zero-order valence-corrected chi connectivity index (χ0v) is 42.9. The molecule has 0 fully saturated rings. The van der Waals surface area contributed by atoms with Crippen LogP contribution in [0.3, 0.4) is 0 Å². The Bertz CT molecular complexity index is 925. The van der Waals surface area contributed by atoms with Gasteiger partial charge in [0, 0.05) is 0 Å². The van der Waals surface area contributed by atoms with E-state index in [2.05, 4.69) is 0 Å². The minimum atomic E-state index is -2.74. The SMILES string of the molecule is O.O.O.O.O.O.O=C(O)CC(O)(CC(=O)O)C(=O)O.O=C(O)CC(O)(CC(=O)O)C(=O)O.O=C(O)O.O=C(O)O.O=C(O)O.O=C(O)O.O=C(O)O.[H-].[H-].[H-].[H-].[H-].[H-].[Na+].[Na+].[Na+].[Na+].[Na+].[Na+]. The van der Waals surface area contributed by atoms with Gasteiger partial charge in [0.05, 0.1) is 25.7 Å². The van der Waals surface area contributed by atoms with Crippen LogP contribution in [0.15, 0.2) is 0 Å². The van der Waals surface area contributed by atoms with Crippen LogP contribution in [0.2, 0.25) is 0 Å². The standard InChI is InChI=1S/2C6H8O7.5CH2O3.6Na.6H2O.6H/c2*7-3(8)1-6(13,5(11)12)2-4(9)10;5*2-1(3)4;;;;;;;;;;;;;;;;;;/h2*13H,1-2H2,(H,7,8)(H,9,10)(H,11,12);5*(H2,2,3,4);;;;;;;6*1H2;;;;;;/q;;;;;;;6*+1;;;;;;;6*-1. The normalized spacial score (nSPS) is 6.93. The number of hydrogen-bond donors (Lipinski definition) is 18. The number of rotatable bonds is 10. The van der Waals surface area contributed by atoms with Crippen molar-refractivity contribution < 1.29 is 363 Å². The van der Waals surface area contributed by atoms with Gasteiger partial charge in [-0.15, -0.1) is 0 Å². The first-order chi connectivity index (χ1) is 20.2. The van der Waals surface area contributed by atoms with E-state index in [0.29, 0.717) is 0 Å². The van der Waals surface area contributed by atoms with Gasteiger partial charge in [-0.1, -0.05) is 0 Å². The Labute approximate surface area is 461 Å². The number of carboxylic acids is 6. The Morgan fingerprint density at radius 2 is 0.345 bits per heavy atom. The maximum absolute atomic E-state index is 10.3. The molecule has 0 atom stereocenters. The van der Waals surface area contributed by atoms with Gasteiger partial charge in [-0.25, -0.2) is 33.6 Å². The van der Waals surface area contributed by atoms with Crippen molar-refractivity contribution >= 4 is 66.6 Å². The second-order valence-corrected chi connectivity index (χ2v) is 6.37. The third-order valence-corrected chi connectivity index (χ3v) is 2.57. The molecule has 0 bridgehead atoms. The van der Waals surface area contributed by atoms with E-state index in [9.17, 15) is 28.8 Å². The molecule has 0 aromatic heterocycles. The zero-order valence-electron chi connectivity index (χ0n) is 36.9. The minimum absolute atomic E-state index is 0. The molecule has 0 rings (SSSR count). The third-order valence-electron chi connectivity index (χ3n) is 2.57. The number of carboxylic acid groups (broad SMARTS) is 16. The molecule has 0 heterocycles. The van der Waals surface area contributed by atoms with E-state index in [4.69, 9.17) is 116 Å². The van der Waals surface area contributed by atoms with Crippen LogP contribution >= 0.6 is 0 Å². The fraction of sp³-hybridized carbons (Fsp3) is 0.353. The van der Waals surface area contributed by atoms with E-state index in [-0.39, 0.29) is 219 Å². The monoisotopic (exact) mass is 946 g/mol. The second kappa shape index (κ2) is 73.4. The molecule has 0 unspecified atom stereocenters. The van der Waals surface area contributed by atoms with Crippen molar-refractivity contribution in [3.63, 3.8) is 0 Å². The summed E-state index contributed by atoms with van der Waals surface area (Å²) in [6.07, 6.45) is -13.7. The number of carbonyl (C=O) groups is 11. The van der Waals surface area contributed by atoms with E-state index in [1.165, 1.54) is 0 Å². The largest absolute Gasteiger partial charge is 1.00 e. The van der Waals surface area contributed by atoms with Crippen molar-refractivity contribution in [3.05, 3.63) is 0 Å². The zero-order chi connectivity index (χ0) is 39.2. The van der Waals surface area contributed by atoms with Gasteiger partial charge in [0.2, 0.25) is 0 Å². The topological polar surface area (TPSA) is 741 Å². The number of hydrogen-bond acceptors (Lipinski definition) is 13. The Kier molecular flexibility index (Phi) is 157. The summed E-state index contributed by atoms with van der Waals surface area (Å²) < 4.78 is 0. The predicted octanol–water partition coefficient (Wildman–Crippen LogP) is -23.6. The van der Waals surface area contributed by atoms with Crippen molar-refractivity contribution in [2.75, 3.05) is 0 Å². The smallest absolute Gasteiger partial charge is 1.00 e. The molecule has 328 valence electrons. The molecule has 0 saturated heterocycles. The molecule has 0 aliphatic rings. The average molecular weight is 946 g/mol. The first-order valence-electron chi connectivity index (χ1n) is 9.60. The van der Waals surface area contributed by atoms with Gasteiger partial charge < -0.3 is 133 Å². The minimum Gasteiger partial charge on any atom is -1.00 e. The predicted molar refractivity (Wildman–Crippen MR) is 156 cm³/mol. The molecule has 0 aliphatic carbocycles. The molecule has 0 saturated carbocycles. The van der Waals surface area contributed by atoms with Gasteiger partial charge in [-0.05, 0) is 0 Å². The van der Waals surface area contributed by atoms with Crippen molar-refractivity contribution in [2.24, 2.45) is 0 Å². The van der Waals surface area contributed by atoms with Crippen LogP contribution in [0.4, 0.5) is 24.0 Å². The second-order valence-electron chi connectivity index (χ2n) is 6.37. The molecule has 0 aromatic carbocycles. The van der Waals surface area contributed by atoms with Crippen LogP contribution in [0.5, 0.6) is 0 Å². The molecule has 58 heavy (non-hydrogen) atoms. The summed E-state index contributed by atoms with van der Waals surface area (Å²) in [7, 11) is 0. The van der Waals surface area contributed by atoms with Crippen LogP contribution in [-0.4, -0.2) is 203 Å². The fourth-order valence-electron chi connectivity index (χ4n) is 1.43. The van der Waals surface area contributed by atoms with Crippen LogP contribution < -0.4 is 177 Å². The first-order valence-corrected chi connectivity index (χ1v) is 9.60. The fourth-order valence-corrected chi connectivity index (χ4v) is 1.43. The van der Waals surface area contributed by atoms with Crippen molar-refractivity contribution in [1.29, 1.82) is 0 Å². The Morgan fingerprint density at radius 3 is 0.379 bits per heavy atom.